The number of rotatable bonds is 4. The first kappa shape index (κ1) is 17.0. The van der Waals surface area contributed by atoms with E-state index in [4.69, 9.17) is 0 Å². The minimum atomic E-state index is -1.19. The molecule has 0 radical (unpaired) electrons. The van der Waals surface area contributed by atoms with Crippen LogP contribution in [0.15, 0.2) is 18.2 Å². The fraction of sp³-hybridized carbons (Fsp3) is 0.333. The highest BCUT2D eigenvalue weighted by Gasteiger charge is 2.33. The zero-order valence-corrected chi connectivity index (χ0v) is 13.5. The predicted octanol–water partition coefficient (Wildman–Crippen LogP) is 1.73. The van der Waals surface area contributed by atoms with Crippen LogP contribution in [0.4, 0.5) is 11.4 Å². The number of anilines is 2. The number of carboxylic acid groups (broad SMARTS) is 1. The average molecular weight is 336 g/mol. The van der Waals surface area contributed by atoms with Crippen LogP contribution in [0.2, 0.25) is 0 Å². The van der Waals surface area contributed by atoms with E-state index in [1.54, 1.807) is 6.07 Å². The Morgan fingerprint density at radius 3 is 2.57 bits per heavy atom. The fourth-order valence-electron chi connectivity index (χ4n) is 2.45. The number of hydrogen-bond donors (Lipinski definition) is 2. The molecule has 1 atom stereocenters. The summed E-state index contributed by atoms with van der Waals surface area (Å²) in [7, 11) is 0. The standard InChI is InChI=1S/C15H16N2O5S/c1-8(18)16-10-3-4-13(12(5-10)15(21)22)17-7-11(6-14(17)20)23-9(2)19/h3-5,11H,6-7H2,1-2H3,(H,16,18)(H,21,22). The van der Waals surface area contributed by atoms with Crippen LogP contribution in [-0.4, -0.2) is 39.8 Å². The van der Waals surface area contributed by atoms with Crippen LogP contribution in [0.5, 0.6) is 0 Å². The van der Waals surface area contributed by atoms with Crippen LogP contribution in [0.25, 0.3) is 0 Å². The van der Waals surface area contributed by atoms with E-state index in [0.717, 1.165) is 11.8 Å². The molecule has 1 unspecified atom stereocenters. The Morgan fingerprint density at radius 2 is 2.00 bits per heavy atom. The zero-order chi connectivity index (χ0) is 17.1. The quantitative estimate of drug-likeness (QED) is 0.868. The summed E-state index contributed by atoms with van der Waals surface area (Å²) in [5.74, 6) is -1.73. The highest BCUT2D eigenvalue weighted by Crippen LogP contribution is 2.32. The van der Waals surface area contributed by atoms with Crippen molar-refractivity contribution < 1.29 is 24.3 Å². The topological polar surface area (TPSA) is 104 Å². The van der Waals surface area contributed by atoms with Gasteiger partial charge in [0.1, 0.15) is 0 Å². The minimum absolute atomic E-state index is 0.0712. The number of thioether (sulfide) groups is 1. The molecule has 1 saturated heterocycles. The van der Waals surface area contributed by atoms with Gasteiger partial charge in [-0.2, -0.15) is 0 Å². The molecular weight excluding hydrogens is 320 g/mol. The van der Waals surface area contributed by atoms with Crippen LogP contribution in [-0.2, 0) is 14.4 Å². The van der Waals surface area contributed by atoms with E-state index < -0.39 is 5.97 Å². The van der Waals surface area contributed by atoms with Gasteiger partial charge in [0.05, 0.1) is 11.3 Å². The van der Waals surface area contributed by atoms with Gasteiger partial charge in [0, 0.05) is 37.8 Å². The van der Waals surface area contributed by atoms with Crippen LogP contribution >= 0.6 is 11.8 Å². The Morgan fingerprint density at radius 1 is 1.30 bits per heavy atom. The molecule has 0 aliphatic carbocycles. The maximum absolute atomic E-state index is 12.1. The van der Waals surface area contributed by atoms with Gasteiger partial charge in [-0.25, -0.2) is 4.79 Å². The van der Waals surface area contributed by atoms with Crippen LogP contribution in [0.3, 0.4) is 0 Å². The number of nitrogens with zero attached hydrogens (tertiary/aromatic N) is 1. The van der Waals surface area contributed by atoms with Crippen molar-refractivity contribution in [3.63, 3.8) is 0 Å². The maximum Gasteiger partial charge on any atom is 0.337 e. The van der Waals surface area contributed by atoms with Gasteiger partial charge in [-0.3, -0.25) is 14.4 Å². The molecule has 8 heteroatoms. The van der Waals surface area contributed by atoms with Crippen molar-refractivity contribution >= 4 is 46.0 Å². The first-order valence-electron chi connectivity index (χ1n) is 6.90. The molecule has 1 aromatic rings. The van der Waals surface area contributed by atoms with E-state index in [0.29, 0.717) is 5.69 Å². The molecule has 23 heavy (non-hydrogen) atoms. The molecule has 2 N–H and O–H groups in total. The second-order valence-electron chi connectivity index (χ2n) is 5.16. The van der Waals surface area contributed by atoms with E-state index >= 15 is 0 Å². The molecule has 2 amide bonds. The summed E-state index contributed by atoms with van der Waals surface area (Å²) in [6.07, 6.45) is 0.191. The van der Waals surface area contributed by atoms with Crippen molar-refractivity contribution in [1.82, 2.24) is 0 Å². The molecule has 1 aliphatic rings. The molecule has 0 bridgehead atoms. The largest absolute Gasteiger partial charge is 0.478 e. The van der Waals surface area contributed by atoms with Gasteiger partial charge in [0.2, 0.25) is 11.8 Å². The monoisotopic (exact) mass is 336 g/mol. The Labute approximate surface area is 137 Å². The van der Waals surface area contributed by atoms with E-state index in [9.17, 15) is 24.3 Å². The number of amides is 2. The summed E-state index contributed by atoms with van der Waals surface area (Å²) in [4.78, 5) is 47.2. The summed E-state index contributed by atoms with van der Waals surface area (Å²) in [5, 5.41) is 11.6. The van der Waals surface area contributed by atoms with Crippen LogP contribution in [0.1, 0.15) is 30.6 Å². The molecule has 7 nitrogen and oxygen atoms in total. The average Bonchev–Trinajstić information content (AvgIpc) is 2.77. The Hall–Kier alpha value is -2.35. The van der Waals surface area contributed by atoms with Crippen molar-refractivity contribution in [1.29, 1.82) is 0 Å². The summed E-state index contributed by atoms with van der Waals surface area (Å²) in [5.41, 5.74) is 0.543. The molecule has 0 aromatic heterocycles. The first-order chi connectivity index (χ1) is 10.8. The van der Waals surface area contributed by atoms with Crippen molar-refractivity contribution in [2.24, 2.45) is 0 Å². The van der Waals surface area contributed by atoms with Gasteiger partial charge in [0.25, 0.3) is 0 Å². The van der Waals surface area contributed by atoms with E-state index in [1.807, 2.05) is 0 Å². The third-order valence-electron chi connectivity index (χ3n) is 3.26. The summed E-state index contributed by atoms with van der Waals surface area (Å²) < 4.78 is 0. The number of carbonyl (C=O) groups excluding carboxylic acids is 3. The van der Waals surface area contributed by atoms with Gasteiger partial charge in [-0.05, 0) is 18.2 Å². The molecule has 1 fully saturated rings. The molecule has 1 heterocycles. The van der Waals surface area contributed by atoms with Crippen molar-refractivity contribution in [2.75, 3.05) is 16.8 Å². The number of carboxylic acids is 1. The highest BCUT2D eigenvalue weighted by atomic mass is 32.2. The lowest BCUT2D eigenvalue weighted by molar-refractivity contribution is -0.117. The molecule has 1 aliphatic heterocycles. The first-order valence-corrected chi connectivity index (χ1v) is 7.78. The summed E-state index contributed by atoms with van der Waals surface area (Å²) in [6.45, 7) is 3.04. The number of hydrogen-bond acceptors (Lipinski definition) is 5. The molecule has 122 valence electrons. The number of benzene rings is 1. The van der Waals surface area contributed by atoms with Crippen molar-refractivity contribution in [3.8, 4) is 0 Å². The lowest BCUT2D eigenvalue weighted by Gasteiger charge is -2.19. The smallest absolute Gasteiger partial charge is 0.337 e. The SMILES string of the molecule is CC(=O)Nc1ccc(N2CC(SC(C)=O)CC2=O)c(C(=O)O)c1. The summed E-state index contributed by atoms with van der Waals surface area (Å²) >= 11 is 1.08. The third kappa shape index (κ3) is 4.10. The normalized spacial score (nSPS) is 17.2. The number of nitrogens with one attached hydrogen (secondary N) is 1. The minimum Gasteiger partial charge on any atom is -0.478 e. The Balaban J connectivity index is 2.31. The Kier molecular flexibility index (Phi) is 5.05. The lowest BCUT2D eigenvalue weighted by atomic mass is 10.1. The number of aromatic carboxylic acids is 1. The second kappa shape index (κ2) is 6.82. The lowest BCUT2D eigenvalue weighted by Crippen LogP contribution is -2.27. The fourth-order valence-corrected chi connectivity index (χ4v) is 3.36. The van der Waals surface area contributed by atoms with Gasteiger partial charge < -0.3 is 15.3 Å². The zero-order valence-electron chi connectivity index (χ0n) is 12.7. The maximum atomic E-state index is 12.1. The van der Waals surface area contributed by atoms with Crippen LogP contribution in [0, 0.1) is 0 Å². The van der Waals surface area contributed by atoms with Gasteiger partial charge >= 0.3 is 5.97 Å². The van der Waals surface area contributed by atoms with E-state index in [2.05, 4.69) is 5.32 Å². The second-order valence-corrected chi connectivity index (χ2v) is 6.64. The van der Waals surface area contributed by atoms with E-state index in [-0.39, 0.29) is 46.4 Å². The van der Waals surface area contributed by atoms with Crippen molar-refractivity contribution in [2.45, 2.75) is 25.5 Å². The van der Waals surface area contributed by atoms with Crippen LogP contribution < -0.4 is 10.2 Å². The van der Waals surface area contributed by atoms with Gasteiger partial charge in [-0.15, -0.1) is 0 Å². The molecule has 2 rings (SSSR count). The van der Waals surface area contributed by atoms with E-state index in [1.165, 1.54) is 30.9 Å². The number of carbonyl (C=O) groups is 4. The predicted molar refractivity (Wildman–Crippen MR) is 86.7 cm³/mol. The molecule has 1 aromatic carbocycles. The molecule has 0 saturated carbocycles. The van der Waals surface area contributed by atoms with Gasteiger partial charge in [0.15, 0.2) is 5.12 Å². The highest BCUT2D eigenvalue weighted by molar-refractivity contribution is 8.14. The van der Waals surface area contributed by atoms with Gasteiger partial charge in [-0.1, -0.05) is 11.8 Å². The Bertz CT molecular complexity index is 688. The molecular formula is C15H16N2O5S. The third-order valence-corrected chi connectivity index (χ3v) is 4.24. The summed E-state index contributed by atoms with van der Waals surface area (Å²) in [6, 6.07) is 4.35. The molecule has 0 spiro atoms. The van der Waals surface area contributed by atoms with Crippen molar-refractivity contribution in [3.05, 3.63) is 23.8 Å².